The molecule has 0 fully saturated rings. The molecule has 0 aliphatic heterocycles. The Kier molecular flexibility index (Phi) is 17.9. The number of imide groups is 1. The highest BCUT2D eigenvalue weighted by Crippen LogP contribution is 2.14. The van der Waals surface area contributed by atoms with Gasteiger partial charge in [0.05, 0.1) is 72.7 Å². The van der Waals surface area contributed by atoms with Crippen molar-refractivity contribution in [2.24, 2.45) is 5.73 Å². The first-order valence-corrected chi connectivity index (χ1v) is 11.4. The predicted octanol–water partition coefficient (Wildman–Crippen LogP) is 2.13. The number of carbonyl (C=O) groups is 2. The average Bonchev–Trinajstić information content (AvgIpc) is 2.70. The summed E-state index contributed by atoms with van der Waals surface area (Å²) in [7, 11) is 0. The number of nitrogens with zero attached hydrogens (tertiary/aromatic N) is 1. The van der Waals surface area contributed by atoms with Crippen molar-refractivity contribution in [2.75, 3.05) is 79.2 Å². The van der Waals surface area contributed by atoms with Gasteiger partial charge in [-0.05, 0) is 41.5 Å². The molecule has 0 aromatic heterocycles. The zero-order chi connectivity index (χ0) is 25.9. The summed E-state index contributed by atoms with van der Waals surface area (Å²) in [5.74, 6) is 0. The fraction of sp³-hybridized carbons (Fsp3) is 0.909. The molecule has 0 aromatic carbocycles. The van der Waals surface area contributed by atoms with Crippen LogP contribution in [0.15, 0.2) is 0 Å². The van der Waals surface area contributed by atoms with E-state index in [1.165, 1.54) is 0 Å². The Morgan fingerprint density at radius 3 is 1.15 bits per heavy atom. The van der Waals surface area contributed by atoms with E-state index in [2.05, 4.69) is 0 Å². The van der Waals surface area contributed by atoms with Crippen LogP contribution in [0.5, 0.6) is 0 Å². The van der Waals surface area contributed by atoms with E-state index in [1.807, 2.05) is 0 Å². The maximum atomic E-state index is 12.3. The van der Waals surface area contributed by atoms with Crippen LogP contribution < -0.4 is 5.73 Å². The van der Waals surface area contributed by atoms with Gasteiger partial charge in [-0.2, -0.15) is 0 Å². The van der Waals surface area contributed by atoms with E-state index in [9.17, 15) is 9.59 Å². The third-order valence-corrected chi connectivity index (χ3v) is 3.32. The molecule has 0 unspecified atom stereocenters. The summed E-state index contributed by atoms with van der Waals surface area (Å²) >= 11 is 0. The van der Waals surface area contributed by atoms with E-state index >= 15 is 0 Å². The maximum Gasteiger partial charge on any atom is 0.444 e. The molecule has 0 heterocycles. The first kappa shape index (κ1) is 32.5. The third-order valence-electron chi connectivity index (χ3n) is 3.32. The van der Waals surface area contributed by atoms with E-state index < -0.39 is 23.4 Å². The number of amides is 2. The lowest BCUT2D eigenvalue weighted by Gasteiger charge is -2.27. The molecule has 0 atom stereocenters. The molecule has 0 rings (SSSR count). The third kappa shape index (κ3) is 21.0. The van der Waals surface area contributed by atoms with Crippen molar-refractivity contribution in [2.45, 2.75) is 52.7 Å². The molecule has 0 bridgehead atoms. The zero-order valence-corrected chi connectivity index (χ0v) is 21.6. The van der Waals surface area contributed by atoms with Gasteiger partial charge in [-0.25, -0.2) is 9.59 Å². The summed E-state index contributed by atoms with van der Waals surface area (Å²) in [6.07, 6.45) is -1.93. The maximum absolute atomic E-state index is 12.3. The number of rotatable bonds is 18. The first-order chi connectivity index (χ1) is 16.0. The number of hydroxylamine groups is 2. The Bertz CT molecular complexity index is 507. The molecule has 0 saturated carbocycles. The minimum absolute atomic E-state index is 0.0567. The van der Waals surface area contributed by atoms with Gasteiger partial charge < -0.3 is 38.9 Å². The number of carbonyl (C=O) groups excluding carboxylic acids is 2. The largest absolute Gasteiger partial charge is 0.444 e. The molecule has 2 N–H and O–H groups in total. The van der Waals surface area contributed by atoms with Crippen LogP contribution in [0.4, 0.5) is 9.59 Å². The van der Waals surface area contributed by atoms with Crippen molar-refractivity contribution < 1.29 is 47.6 Å². The molecule has 0 aliphatic rings. The van der Waals surface area contributed by atoms with E-state index in [0.717, 1.165) is 0 Å². The van der Waals surface area contributed by atoms with Crippen molar-refractivity contribution in [1.82, 2.24) is 5.06 Å². The second kappa shape index (κ2) is 18.7. The fourth-order valence-electron chi connectivity index (χ4n) is 2.04. The van der Waals surface area contributed by atoms with Gasteiger partial charge in [0.25, 0.3) is 0 Å². The Morgan fingerprint density at radius 2 is 0.853 bits per heavy atom. The van der Waals surface area contributed by atoms with Gasteiger partial charge in [0.2, 0.25) is 0 Å². The molecular formula is C22H44N2O10. The molecule has 0 aromatic rings. The summed E-state index contributed by atoms with van der Waals surface area (Å²) < 4.78 is 37.1. The van der Waals surface area contributed by atoms with Crippen molar-refractivity contribution in [3.8, 4) is 0 Å². The van der Waals surface area contributed by atoms with Crippen molar-refractivity contribution in [3.63, 3.8) is 0 Å². The smallest absolute Gasteiger partial charge is 0.442 e. The summed E-state index contributed by atoms with van der Waals surface area (Å²) in [4.78, 5) is 29.8. The van der Waals surface area contributed by atoms with Crippen LogP contribution in [0.1, 0.15) is 41.5 Å². The van der Waals surface area contributed by atoms with Crippen LogP contribution in [-0.4, -0.2) is 108 Å². The van der Waals surface area contributed by atoms with Crippen LogP contribution >= 0.6 is 0 Å². The molecule has 0 aliphatic carbocycles. The molecule has 12 nitrogen and oxygen atoms in total. The van der Waals surface area contributed by atoms with Crippen LogP contribution in [0.2, 0.25) is 0 Å². The lowest BCUT2D eigenvalue weighted by atomic mass is 10.2. The van der Waals surface area contributed by atoms with Crippen molar-refractivity contribution >= 4 is 12.2 Å². The lowest BCUT2D eigenvalue weighted by Crippen LogP contribution is -2.44. The van der Waals surface area contributed by atoms with Gasteiger partial charge >= 0.3 is 12.2 Å². The zero-order valence-electron chi connectivity index (χ0n) is 21.6. The van der Waals surface area contributed by atoms with Gasteiger partial charge in [0, 0.05) is 6.54 Å². The fourth-order valence-corrected chi connectivity index (χ4v) is 2.04. The minimum atomic E-state index is -0.963. The van der Waals surface area contributed by atoms with Gasteiger partial charge in [-0.15, -0.1) is 0 Å². The van der Waals surface area contributed by atoms with Gasteiger partial charge in [0.15, 0.2) is 0 Å². The highest BCUT2D eigenvalue weighted by molar-refractivity contribution is 5.86. The predicted molar refractivity (Wildman–Crippen MR) is 123 cm³/mol. The average molecular weight is 497 g/mol. The number of hydrogen-bond donors (Lipinski definition) is 1. The van der Waals surface area contributed by atoms with Crippen molar-refractivity contribution in [3.05, 3.63) is 0 Å². The van der Waals surface area contributed by atoms with Crippen LogP contribution in [0.3, 0.4) is 0 Å². The van der Waals surface area contributed by atoms with Gasteiger partial charge in [0.1, 0.15) is 11.2 Å². The van der Waals surface area contributed by atoms with E-state index in [1.54, 1.807) is 41.5 Å². The Balaban J connectivity index is 3.86. The summed E-state index contributed by atoms with van der Waals surface area (Å²) in [6, 6.07) is 0. The van der Waals surface area contributed by atoms with E-state index in [-0.39, 0.29) is 13.2 Å². The number of nitrogens with two attached hydrogens (primary N) is 1. The quantitative estimate of drug-likeness (QED) is 0.221. The van der Waals surface area contributed by atoms with Crippen molar-refractivity contribution in [1.29, 1.82) is 0 Å². The molecule has 0 radical (unpaired) electrons. The second-order valence-electron chi connectivity index (χ2n) is 8.94. The molecule has 2 amide bonds. The Morgan fingerprint density at radius 1 is 0.559 bits per heavy atom. The monoisotopic (exact) mass is 496 g/mol. The van der Waals surface area contributed by atoms with E-state index in [4.69, 9.17) is 43.7 Å². The highest BCUT2D eigenvalue weighted by atomic mass is 16.8. The Hall–Kier alpha value is -1.54. The van der Waals surface area contributed by atoms with Gasteiger partial charge in [-0.3, -0.25) is 4.84 Å². The minimum Gasteiger partial charge on any atom is -0.442 e. The molecule has 202 valence electrons. The summed E-state index contributed by atoms with van der Waals surface area (Å²) in [6.45, 7) is 14.7. The standard InChI is InChI=1S/C22H44N2O10/c1-21(2,3)33-19(25)24(20(26)34-22(4,5)6)32-18-17-31-16-15-30-14-13-29-12-11-28-10-9-27-8-7-23/h7-18,23H2,1-6H3. The van der Waals surface area contributed by atoms with Crippen LogP contribution in [-0.2, 0) is 38.0 Å². The van der Waals surface area contributed by atoms with Crippen LogP contribution in [0, 0.1) is 0 Å². The topological polar surface area (TPSA) is 137 Å². The van der Waals surface area contributed by atoms with Gasteiger partial charge in [-0.1, -0.05) is 5.06 Å². The first-order valence-electron chi connectivity index (χ1n) is 11.4. The SMILES string of the molecule is CC(C)(C)OC(=O)N(OCCOCCOCCOCCOCCOCCN)C(=O)OC(C)(C)C. The highest BCUT2D eigenvalue weighted by Gasteiger charge is 2.32. The normalized spacial score (nSPS) is 12.0. The van der Waals surface area contributed by atoms with E-state index in [0.29, 0.717) is 71.1 Å². The number of hydrogen-bond acceptors (Lipinski definition) is 11. The van der Waals surface area contributed by atoms with Crippen LogP contribution in [0.25, 0.3) is 0 Å². The summed E-state index contributed by atoms with van der Waals surface area (Å²) in [5, 5.41) is 0.463. The Labute approximate surface area is 203 Å². The second-order valence-corrected chi connectivity index (χ2v) is 8.94. The lowest BCUT2D eigenvalue weighted by molar-refractivity contribution is -0.148. The summed E-state index contributed by atoms with van der Waals surface area (Å²) in [5.41, 5.74) is 3.71. The molecule has 0 saturated heterocycles. The number of ether oxygens (including phenoxy) is 7. The molecule has 34 heavy (non-hydrogen) atoms. The molecule has 0 spiro atoms. The molecular weight excluding hydrogens is 452 g/mol. The molecule has 12 heteroatoms.